The lowest BCUT2D eigenvalue weighted by Crippen LogP contribution is -2.30. The lowest BCUT2D eigenvalue weighted by Gasteiger charge is -2.32. The van der Waals surface area contributed by atoms with E-state index in [1.54, 1.807) is 11.9 Å². The number of carbonyl (C=O) groups is 2. The van der Waals surface area contributed by atoms with Crippen LogP contribution in [0.1, 0.15) is 54.9 Å². The molecule has 1 aliphatic heterocycles. The lowest BCUT2D eigenvalue weighted by atomic mass is 9.71. The summed E-state index contributed by atoms with van der Waals surface area (Å²) in [7, 11) is 1.79. The number of Topliss-reactive ketones (excluding diaryl/α,β-unsaturated/α-hetero) is 1. The fraction of sp³-hybridized carbons (Fsp3) is 0.529. The van der Waals surface area contributed by atoms with E-state index in [-0.39, 0.29) is 17.1 Å². The Hall–Kier alpha value is -1.64. The molecule has 1 saturated carbocycles. The van der Waals surface area contributed by atoms with Gasteiger partial charge in [0.2, 0.25) is 5.91 Å². The van der Waals surface area contributed by atoms with Crippen LogP contribution in [-0.4, -0.2) is 18.7 Å². The molecule has 1 aromatic carbocycles. The van der Waals surface area contributed by atoms with Gasteiger partial charge in [-0.25, -0.2) is 0 Å². The van der Waals surface area contributed by atoms with Crippen molar-refractivity contribution in [2.45, 2.75) is 45.4 Å². The van der Waals surface area contributed by atoms with Gasteiger partial charge in [0.1, 0.15) is 0 Å². The summed E-state index contributed by atoms with van der Waals surface area (Å²) < 4.78 is 0. The van der Waals surface area contributed by atoms with Crippen molar-refractivity contribution in [3.63, 3.8) is 0 Å². The van der Waals surface area contributed by atoms with Gasteiger partial charge in [-0.15, -0.1) is 0 Å². The highest BCUT2D eigenvalue weighted by atomic mass is 16.2. The molecule has 0 unspecified atom stereocenters. The van der Waals surface area contributed by atoms with Gasteiger partial charge in [0.05, 0.1) is 6.42 Å². The van der Waals surface area contributed by atoms with Crippen LogP contribution < -0.4 is 4.90 Å². The average molecular weight is 271 g/mol. The highest BCUT2D eigenvalue weighted by molar-refractivity contribution is 6.04. The van der Waals surface area contributed by atoms with E-state index in [4.69, 9.17) is 0 Å². The van der Waals surface area contributed by atoms with Crippen LogP contribution in [0.2, 0.25) is 0 Å². The quantitative estimate of drug-likeness (QED) is 0.773. The Morgan fingerprint density at radius 2 is 1.90 bits per heavy atom. The third-order valence-electron chi connectivity index (χ3n) is 4.92. The van der Waals surface area contributed by atoms with E-state index in [2.05, 4.69) is 6.92 Å². The molecule has 1 aliphatic carbocycles. The summed E-state index contributed by atoms with van der Waals surface area (Å²) in [4.78, 5) is 26.2. The van der Waals surface area contributed by atoms with Crippen molar-refractivity contribution in [1.82, 2.24) is 0 Å². The maximum Gasteiger partial charge on any atom is 0.231 e. The smallest absolute Gasteiger partial charge is 0.231 e. The zero-order valence-electron chi connectivity index (χ0n) is 12.2. The molecule has 1 heterocycles. The molecule has 1 amide bonds. The second kappa shape index (κ2) is 4.72. The number of carbonyl (C=O) groups excluding carboxylic acids is 2. The Kier molecular flexibility index (Phi) is 3.15. The van der Waals surface area contributed by atoms with Crippen LogP contribution >= 0.6 is 0 Å². The molecular formula is C17H21NO2. The summed E-state index contributed by atoms with van der Waals surface area (Å²) in [5, 5.41) is 0. The third kappa shape index (κ3) is 2.05. The van der Waals surface area contributed by atoms with E-state index in [0.29, 0.717) is 6.42 Å². The van der Waals surface area contributed by atoms with E-state index in [1.165, 1.54) is 6.42 Å². The third-order valence-corrected chi connectivity index (χ3v) is 4.92. The maximum atomic E-state index is 12.8. The standard InChI is InChI=1S/C17H21NO2/c1-17(8-4-3-5-9-17)16(20)12-6-7-14-13(10-12)11-15(19)18(14)2/h6-7,10H,3-5,8-9,11H2,1-2H3. The largest absolute Gasteiger partial charge is 0.315 e. The van der Waals surface area contributed by atoms with Gasteiger partial charge in [-0.2, -0.15) is 0 Å². The van der Waals surface area contributed by atoms with E-state index < -0.39 is 0 Å². The Morgan fingerprint density at radius 3 is 2.60 bits per heavy atom. The fourth-order valence-electron chi connectivity index (χ4n) is 3.52. The first-order chi connectivity index (χ1) is 9.51. The Morgan fingerprint density at radius 1 is 1.20 bits per heavy atom. The number of hydrogen-bond donors (Lipinski definition) is 0. The first-order valence-electron chi connectivity index (χ1n) is 7.45. The molecule has 3 heteroatoms. The average Bonchev–Trinajstić information content (AvgIpc) is 2.73. The molecule has 20 heavy (non-hydrogen) atoms. The monoisotopic (exact) mass is 271 g/mol. The first kappa shape index (κ1) is 13.3. The van der Waals surface area contributed by atoms with Crippen LogP contribution in [0.4, 0.5) is 5.69 Å². The van der Waals surface area contributed by atoms with Gasteiger partial charge < -0.3 is 4.90 Å². The van der Waals surface area contributed by atoms with Gasteiger partial charge in [-0.3, -0.25) is 9.59 Å². The lowest BCUT2D eigenvalue weighted by molar-refractivity contribution is -0.117. The molecule has 106 valence electrons. The second-order valence-corrected chi connectivity index (χ2v) is 6.42. The minimum atomic E-state index is -0.207. The summed E-state index contributed by atoms with van der Waals surface area (Å²) in [5.74, 6) is 0.357. The highest BCUT2D eigenvalue weighted by Crippen LogP contribution is 2.39. The molecule has 0 N–H and O–H groups in total. The number of ketones is 1. The zero-order valence-corrected chi connectivity index (χ0v) is 12.2. The summed E-state index contributed by atoms with van der Waals surface area (Å²) in [6.07, 6.45) is 5.93. The summed E-state index contributed by atoms with van der Waals surface area (Å²) in [5.41, 5.74) is 2.50. The normalized spacial score (nSPS) is 20.9. The van der Waals surface area contributed by atoms with E-state index in [0.717, 1.165) is 42.5 Å². The minimum absolute atomic E-state index is 0.105. The highest BCUT2D eigenvalue weighted by Gasteiger charge is 2.35. The molecule has 0 radical (unpaired) electrons. The number of amides is 1. The maximum absolute atomic E-state index is 12.8. The molecule has 3 rings (SSSR count). The predicted octanol–water partition coefficient (Wildman–Crippen LogP) is 3.36. The van der Waals surface area contributed by atoms with Crippen molar-refractivity contribution >= 4 is 17.4 Å². The van der Waals surface area contributed by atoms with E-state index in [9.17, 15) is 9.59 Å². The van der Waals surface area contributed by atoms with E-state index >= 15 is 0 Å². The number of likely N-dealkylation sites (N-methyl/N-ethyl adjacent to an activating group) is 1. The molecular weight excluding hydrogens is 250 g/mol. The molecule has 0 saturated heterocycles. The number of benzene rings is 1. The molecule has 2 aliphatic rings. The minimum Gasteiger partial charge on any atom is -0.315 e. The van der Waals surface area contributed by atoms with Crippen LogP contribution in [0.15, 0.2) is 18.2 Å². The van der Waals surface area contributed by atoms with Crippen molar-refractivity contribution in [1.29, 1.82) is 0 Å². The van der Waals surface area contributed by atoms with Gasteiger partial charge in [0.25, 0.3) is 0 Å². The van der Waals surface area contributed by atoms with Gasteiger partial charge in [-0.05, 0) is 36.6 Å². The number of anilines is 1. The molecule has 1 fully saturated rings. The van der Waals surface area contributed by atoms with Crippen LogP contribution in [0.5, 0.6) is 0 Å². The SMILES string of the molecule is CN1C(=O)Cc2cc(C(=O)C3(C)CCCCC3)ccc21. The Bertz CT molecular complexity index is 570. The molecule has 0 aromatic heterocycles. The van der Waals surface area contributed by atoms with Crippen molar-refractivity contribution in [2.75, 3.05) is 11.9 Å². The van der Waals surface area contributed by atoms with Crippen molar-refractivity contribution in [3.05, 3.63) is 29.3 Å². The van der Waals surface area contributed by atoms with Gasteiger partial charge >= 0.3 is 0 Å². The summed E-state index contributed by atoms with van der Waals surface area (Å²) in [6, 6.07) is 5.73. The van der Waals surface area contributed by atoms with Crippen LogP contribution in [0, 0.1) is 5.41 Å². The Balaban J connectivity index is 1.90. The predicted molar refractivity (Wildman–Crippen MR) is 79.1 cm³/mol. The number of fused-ring (bicyclic) bond motifs is 1. The topological polar surface area (TPSA) is 37.4 Å². The van der Waals surface area contributed by atoms with Crippen molar-refractivity contribution in [3.8, 4) is 0 Å². The van der Waals surface area contributed by atoms with Gasteiger partial charge in [0, 0.05) is 23.7 Å². The number of rotatable bonds is 2. The molecule has 1 aromatic rings. The molecule has 0 atom stereocenters. The van der Waals surface area contributed by atoms with E-state index in [1.807, 2.05) is 18.2 Å². The van der Waals surface area contributed by atoms with Crippen LogP contribution in [0.25, 0.3) is 0 Å². The molecule has 0 bridgehead atoms. The number of hydrogen-bond acceptors (Lipinski definition) is 2. The Labute approximate surface area is 120 Å². The van der Waals surface area contributed by atoms with Crippen LogP contribution in [0.3, 0.4) is 0 Å². The summed E-state index contributed by atoms with van der Waals surface area (Å²) in [6.45, 7) is 2.10. The zero-order chi connectivity index (χ0) is 14.3. The van der Waals surface area contributed by atoms with Crippen molar-refractivity contribution in [2.24, 2.45) is 5.41 Å². The first-order valence-corrected chi connectivity index (χ1v) is 7.45. The van der Waals surface area contributed by atoms with Gasteiger partial charge in [-0.1, -0.05) is 26.2 Å². The summed E-state index contributed by atoms with van der Waals surface area (Å²) >= 11 is 0. The molecule has 3 nitrogen and oxygen atoms in total. The fourth-order valence-corrected chi connectivity index (χ4v) is 3.52. The van der Waals surface area contributed by atoms with Crippen molar-refractivity contribution < 1.29 is 9.59 Å². The number of nitrogens with zero attached hydrogens (tertiary/aromatic N) is 1. The molecule has 0 spiro atoms. The van der Waals surface area contributed by atoms with Crippen LogP contribution in [-0.2, 0) is 11.2 Å². The second-order valence-electron chi connectivity index (χ2n) is 6.42. The van der Waals surface area contributed by atoms with Gasteiger partial charge in [0.15, 0.2) is 5.78 Å².